The number of nitrogens with one attached hydrogen (secondary N) is 1. The predicted molar refractivity (Wildman–Crippen MR) is 60.0 cm³/mol. The maximum Gasteiger partial charge on any atom is 0.260 e. The summed E-state index contributed by atoms with van der Waals surface area (Å²) >= 11 is 5.94. The molecule has 2 rings (SSSR count). The second-order valence-corrected chi connectivity index (χ2v) is 3.54. The molecule has 0 unspecified atom stereocenters. The smallest absolute Gasteiger partial charge is 0.260 e. The van der Waals surface area contributed by atoms with Crippen molar-refractivity contribution in [1.29, 1.82) is 0 Å². The van der Waals surface area contributed by atoms with Gasteiger partial charge in [-0.25, -0.2) is 4.98 Å². The maximum absolute atomic E-state index is 11.7. The Balaban J connectivity index is 2.69. The molecule has 0 fully saturated rings. The number of nitrogens with zero attached hydrogens (tertiary/aromatic N) is 1. The van der Waals surface area contributed by atoms with Crippen molar-refractivity contribution in [3.05, 3.63) is 51.7 Å². The van der Waals surface area contributed by atoms with Gasteiger partial charge >= 0.3 is 0 Å². The van der Waals surface area contributed by atoms with Gasteiger partial charge in [-0.1, -0.05) is 41.9 Å². The molecular formula is C11H9ClN2O. The Hall–Kier alpha value is -1.61. The molecule has 0 spiro atoms. The van der Waals surface area contributed by atoms with E-state index in [0.717, 1.165) is 5.56 Å². The monoisotopic (exact) mass is 220 g/mol. The van der Waals surface area contributed by atoms with Crippen molar-refractivity contribution in [2.75, 3.05) is 0 Å². The fourth-order valence-electron chi connectivity index (χ4n) is 1.41. The van der Waals surface area contributed by atoms with Gasteiger partial charge in [0.05, 0.1) is 5.56 Å². The number of benzene rings is 1. The zero-order valence-electron chi connectivity index (χ0n) is 8.12. The molecule has 0 aliphatic rings. The number of hydrogen-bond donors (Lipinski definition) is 1. The molecule has 0 amide bonds. The highest BCUT2D eigenvalue weighted by Crippen LogP contribution is 2.21. The summed E-state index contributed by atoms with van der Waals surface area (Å²) in [5.41, 5.74) is 0.984. The number of aromatic nitrogens is 2. The van der Waals surface area contributed by atoms with Crippen LogP contribution in [0.15, 0.2) is 35.1 Å². The van der Waals surface area contributed by atoms with E-state index in [2.05, 4.69) is 9.97 Å². The molecule has 2 aromatic rings. The number of H-pyrrole nitrogens is 1. The molecule has 0 atom stereocenters. The van der Waals surface area contributed by atoms with E-state index in [1.165, 1.54) is 0 Å². The average Bonchev–Trinajstić information content (AvgIpc) is 2.17. The molecule has 1 heterocycles. The van der Waals surface area contributed by atoms with Gasteiger partial charge in [0, 0.05) is 0 Å². The number of hydrogen-bond acceptors (Lipinski definition) is 2. The minimum Gasteiger partial charge on any atom is -0.310 e. The lowest BCUT2D eigenvalue weighted by atomic mass is 10.1. The molecule has 76 valence electrons. The van der Waals surface area contributed by atoms with Crippen molar-refractivity contribution in [1.82, 2.24) is 9.97 Å². The van der Waals surface area contributed by atoms with E-state index in [1.54, 1.807) is 6.92 Å². The Kier molecular flexibility index (Phi) is 2.56. The summed E-state index contributed by atoms with van der Waals surface area (Å²) in [5.74, 6) is 0.518. The Morgan fingerprint density at radius 3 is 2.53 bits per heavy atom. The number of rotatable bonds is 1. The molecular weight excluding hydrogens is 212 g/mol. The third-order valence-corrected chi connectivity index (χ3v) is 2.33. The number of aryl methyl sites for hydroxylation is 1. The van der Waals surface area contributed by atoms with E-state index in [-0.39, 0.29) is 10.7 Å². The van der Waals surface area contributed by atoms with Crippen LogP contribution in [0.1, 0.15) is 5.82 Å². The molecule has 0 saturated heterocycles. The van der Waals surface area contributed by atoms with Crippen LogP contribution in [-0.2, 0) is 0 Å². The summed E-state index contributed by atoms with van der Waals surface area (Å²) < 4.78 is 0. The molecule has 0 aliphatic heterocycles. The van der Waals surface area contributed by atoms with Gasteiger partial charge in [0.2, 0.25) is 0 Å². The molecule has 1 aromatic heterocycles. The van der Waals surface area contributed by atoms with Gasteiger partial charge in [0.25, 0.3) is 5.56 Å². The largest absolute Gasteiger partial charge is 0.310 e. The van der Waals surface area contributed by atoms with Gasteiger partial charge in [0.1, 0.15) is 11.0 Å². The van der Waals surface area contributed by atoms with Gasteiger partial charge in [-0.3, -0.25) is 4.79 Å². The highest BCUT2D eigenvalue weighted by molar-refractivity contribution is 6.32. The van der Waals surface area contributed by atoms with Crippen molar-refractivity contribution in [2.45, 2.75) is 6.92 Å². The summed E-state index contributed by atoms with van der Waals surface area (Å²) in [6, 6.07) is 9.24. The molecule has 15 heavy (non-hydrogen) atoms. The van der Waals surface area contributed by atoms with Crippen molar-refractivity contribution in [3.63, 3.8) is 0 Å². The summed E-state index contributed by atoms with van der Waals surface area (Å²) in [6.45, 7) is 1.70. The minimum absolute atomic E-state index is 0.210. The molecule has 1 aromatic carbocycles. The number of aromatic amines is 1. The van der Waals surface area contributed by atoms with Crippen LogP contribution >= 0.6 is 11.6 Å². The zero-order chi connectivity index (χ0) is 10.8. The van der Waals surface area contributed by atoms with E-state index < -0.39 is 0 Å². The van der Waals surface area contributed by atoms with E-state index in [4.69, 9.17) is 11.6 Å². The van der Waals surface area contributed by atoms with Gasteiger partial charge in [-0.15, -0.1) is 0 Å². The highest BCUT2D eigenvalue weighted by Gasteiger charge is 2.09. The van der Waals surface area contributed by atoms with Crippen LogP contribution in [-0.4, -0.2) is 9.97 Å². The lowest BCUT2D eigenvalue weighted by Crippen LogP contribution is -2.12. The van der Waals surface area contributed by atoms with Crippen molar-refractivity contribution in [3.8, 4) is 11.1 Å². The third kappa shape index (κ3) is 1.92. The first kappa shape index (κ1) is 9.93. The first-order chi connectivity index (χ1) is 7.18. The van der Waals surface area contributed by atoms with Crippen molar-refractivity contribution < 1.29 is 0 Å². The minimum atomic E-state index is -0.210. The Morgan fingerprint density at radius 2 is 1.93 bits per heavy atom. The first-order valence-corrected chi connectivity index (χ1v) is 4.88. The highest BCUT2D eigenvalue weighted by atomic mass is 35.5. The molecule has 0 radical (unpaired) electrons. The second kappa shape index (κ2) is 3.87. The SMILES string of the molecule is Cc1nc(Cl)c(-c2ccccc2)c(=O)[nH]1. The summed E-state index contributed by atoms with van der Waals surface area (Å²) in [4.78, 5) is 18.3. The standard InChI is InChI=1S/C11H9ClN2O/c1-7-13-10(12)9(11(15)14-7)8-5-3-2-4-6-8/h2-6H,1H3,(H,13,14,15). The van der Waals surface area contributed by atoms with Crippen LogP contribution in [0.3, 0.4) is 0 Å². The third-order valence-electron chi connectivity index (χ3n) is 2.06. The van der Waals surface area contributed by atoms with E-state index >= 15 is 0 Å². The fraction of sp³-hybridized carbons (Fsp3) is 0.0909. The molecule has 4 heteroatoms. The first-order valence-electron chi connectivity index (χ1n) is 4.50. The fourth-order valence-corrected chi connectivity index (χ4v) is 1.73. The normalized spacial score (nSPS) is 10.3. The molecule has 0 aliphatic carbocycles. The number of halogens is 1. The van der Waals surface area contributed by atoms with Crippen LogP contribution in [0.25, 0.3) is 11.1 Å². The van der Waals surface area contributed by atoms with Crippen LogP contribution in [0, 0.1) is 6.92 Å². The lowest BCUT2D eigenvalue weighted by Gasteiger charge is -2.02. The topological polar surface area (TPSA) is 45.8 Å². The van der Waals surface area contributed by atoms with Crippen LogP contribution in [0.2, 0.25) is 5.15 Å². The van der Waals surface area contributed by atoms with Crippen LogP contribution in [0.4, 0.5) is 0 Å². The Morgan fingerprint density at radius 1 is 1.27 bits per heavy atom. The van der Waals surface area contributed by atoms with Crippen molar-refractivity contribution >= 4 is 11.6 Å². The zero-order valence-corrected chi connectivity index (χ0v) is 8.88. The van der Waals surface area contributed by atoms with Gasteiger partial charge < -0.3 is 4.98 Å². The average molecular weight is 221 g/mol. The van der Waals surface area contributed by atoms with Crippen LogP contribution in [0.5, 0.6) is 0 Å². The van der Waals surface area contributed by atoms with E-state index in [9.17, 15) is 4.79 Å². The molecule has 0 bridgehead atoms. The van der Waals surface area contributed by atoms with E-state index in [1.807, 2.05) is 30.3 Å². The van der Waals surface area contributed by atoms with Gasteiger partial charge in [-0.05, 0) is 12.5 Å². The van der Waals surface area contributed by atoms with E-state index in [0.29, 0.717) is 11.4 Å². The molecule has 1 N–H and O–H groups in total. The predicted octanol–water partition coefficient (Wildman–Crippen LogP) is 2.40. The second-order valence-electron chi connectivity index (χ2n) is 3.18. The quantitative estimate of drug-likeness (QED) is 0.751. The lowest BCUT2D eigenvalue weighted by molar-refractivity contribution is 1.02. The van der Waals surface area contributed by atoms with Gasteiger partial charge in [0.15, 0.2) is 0 Å². The summed E-state index contributed by atoms with van der Waals surface area (Å²) in [6.07, 6.45) is 0. The summed E-state index contributed by atoms with van der Waals surface area (Å²) in [7, 11) is 0. The maximum atomic E-state index is 11.7. The molecule has 3 nitrogen and oxygen atoms in total. The Bertz CT molecular complexity index is 534. The summed E-state index contributed by atoms with van der Waals surface area (Å²) in [5, 5.41) is 0.238. The van der Waals surface area contributed by atoms with Crippen molar-refractivity contribution in [2.24, 2.45) is 0 Å². The van der Waals surface area contributed by atoms with Crippen LogP contribution < -0.4 is 5.56 Å². The van der Waals surface area contributed by atoms with Gasteiger partial charge in [-0.2, -0.15) is 0 Å². The Labute approximate surface area is 91.8 Å². The molecule has 0 saturated carbocycles.